The molecule has 144 valence electrons. The molecule has 0 radical (unpaired) electrons. The summed E-state index contributed by atoms with van der Waals surface area (Å²) in [6.07, 6.45) is 3.61. The van der Waals surface area contributed by atoms with Gasteiger partial charge in [0.15, 0.2) is 0 Å². The zero-order valence-electron chi connectivity index (χ0n) is 14.6. The molecular formula is C19H21ClN2O4S. The highest BCUT2D eigenvalue weighted by Gasteiger charge is 2.31. The minimum atomic E-state index is -0.353. The second-order valence-corrected chi connectivity index (χ2v) is 7.14. The Hall–Kier alpha value is -2.09. The van der Waals surface area contributed by atoms with E-state index in [-0.39, 0.29) is 35.4 Å². The van der Waals surface area contributed by atoms with Crippen LogP contribution >= 0.6 is 24.2 Å². The number of nitrogens with one attached hydrogen (secondary N) is 1. The zero-order chi connectivity index (χ0) is 18.4. The maximum atomic E-state index is 11.6. The summed E-state index contributed by atoms with van der Waals surface area (Å²) >= 11 is 1.04. The van der Waals surface area contributed by atoms with Gasteiger partial charge in [0, 0.05) is 24.9 Å². The van der Waals surface area contributed by atoms with Crippen LogP contribution in [0.25, 0.3) is 0 Å². The van der Waals surface area contributed by atoms with Gasteiger partial charge >= 0.3 is 0 Å². The van der Waals surface area contributed by atoms with Crippen molar-refractivity contribution in [3.63, 3.8) is 0 Å². The molecule has 1 aliphatic rings. The third-order valence-electron chi connectivity index (χ3n) is 4.02. The molecule has 0 bridgehead atoms. The lowest BCUT2D eigenvalue weighted by Crippen LogP contribution is -2.25. The van der Waals surface area contributed by atoms with Crippen LogP contribution in [0.3, 0.4) is 0 Å². The highest BCUT2D eigenvalue weighted by molar-refractivity contribution is 8.15. The van der Waals surface area contributed by atoms with Crippen LogP contribution in [0, 0.1) is 0 Å². The number of carbonyl (C=O) groups excluding carboxylic acids is 2. The molecule has 27 heavy (non-hydrogen) atoms. The fourth-order valence-corrected chi connectivity index (χ4v) is 3.48. The molecule has 8 heteroatoms. The Kier molecular flexibility index (Phi) is 8.09. The summed E-state index contributed by atoms with van der Waals surface area (Å²) in [4.78, 5) is 27.1. The number of hydrogen-bond donors (Lipinski definition) is 2. The number of benzene rings is 1. The molecule has 0 saturated carbocycles. The summed E-state index contributed by atoms with van der Waals surface area (Å²) in [6.45, 7) is 0.641. The number of nitrogens with zero attached hydrogens (tertiary/aromatic N) is 1. The molecule has 6 nitrogen and oxygen atoms in total. The van der Waals surface area contributed by atoms with Crippen LogP contribution in [-0.2, 0) is 24.1 Å². The number of aromatic nitrogens is 1. The average molecular weight is 409 g/mol. The van der Waals surface area contributed by atoms with E-state index in [4.69, 9.17) is 9.84 Å². The third kappa shape index (κ3) is 6.23. The summed E-state index contributed by atoms with van der Waals surface area (Å²) in [5, 5.41) is 10.6. The van der Waals surface area contributed by atoms with Crippen molar-refractivity contribution in [1.82, 2.24) is 10.3 Å². The smallest absolute Gasteiger partial charge is 0.286 e. The normalized spacial score (nSPS) is 16.0. The van der Waals surface area contributed by atoms with Gasteiger partial charge in [-0.3, -0.25) is 19.9 Å². The maximum Gasteiger partial charge on any atom is 0.286 e. The van der Waals surface area contributed by atoms with E-state index in [9.17, 15) is 9.59 Å². The number of aliphatic hydroxyl groups is 1. The average Bonchev–Trinajstić information content (AvgIpc) is 2.95. The molecule has 2 heterocycles. The highest BCUT2D eigenvalue weighted by atomic mass is 35.5. The van der Waals surface area contributed by atoms with Gasteiger partial charge in [0.25, 0.3) is 5.24 Å². The molecule has 2 N–H and O–H groups in total. The molecule has 1 atom stereocenters. The zero-order valence-corrected chi connectivity index (χ0v) is 16.2. The van der Waals surface area contributed by atoms with Crippen molar-refractivity contribution in [2.75, 3.05) is 13.2 Å². The van der Waals surface area contributed by atoms with Gasteiger partial charge in [-0.25, -0.2) is 0 Å². The van der Waals surface area contributed by atoms with E-state index in [0.717, 1.165) is 34.3 Å². The number of hydrogen-bond acceptors (Lipinski definition) is 6. The van der Waals surface area contributed by atoms with Crippen molar-refractivity contribution in [3.8, 4) is 5.75 Å². The van der Waals surface area contributed by atoms with Crippen molar-refractivity contribution in [2.45, 2.75) is 24.5 Å². The maximum absolute atomic E-state index is 11.6. The number of halogens is 1. The number of amides is 2. The number of carbonyl (C=O) groups is 2. The minimum Gasteiger partial charge on any atom is -0.493 e. The van der Waals surface area contributed by atoms with E-state index < -0.39 is 0 Å². The summed E-state index contributed by atoms with van der Waals surface area (Å²) in [5.74, 6) is 0.531. The van der Waals surface area contributed by atoms with Crippen LogP contribution in [0.15, 0.2) is 42.6 Å². The molecule has 2 amide bonds. The molecule has 1 aromatic heterocycles. The summed E-state index contributed by atoms with van der Waals surface area (Å²) in [7, 11) is 0. The predicted octanol–water partition coefficient (Wildman–Crippen LogP) is 2.55. The Morgan fingerprint density at radius 1 is 1.07 bits per heavy atom. The second kappa shape index (κ2) is 10.3. The molecule has 1 unspecified atom stereocenters. The molecule has 0 aliphatic carbocycles. The molecule has 1 aliphatic heterocycles. The fourth-order valence-electron chi connectivity index (χ4n) is 2.62. The van der Waals surface area contributed by atoms with E-state index in [1.165, 1.54) is 0 Å². The van der Waals surface area contributed by atoms with Crippen molar-refractivity contribution >= 4 is 35.3 Å². The van der Waals surface area contributed by atoms with Crippen LogP contribution in [0.1, 0.15) is 16.8 Å². The van der Waals surface area contributed by atoms with Crippen LogP contribution in [0.5, 0.6) is 5.75 Å². The first-order valence-corrected chi connectivity index (χ1v) is 9.30. The van der Waals surface area contributed by atoms with E-state index in [0.29, 0.717) is 25.9 Å². The molecule has 1 saturated heterocycles. The largest absolute Gasteiger partial charge is 0.493 e. The summed E-state index contributed by atoms with van der Waals surface area (Å²) in [5.41, 5.74) is 2.95. The first-order chi connectivity index (χ1) is 12.6. The summed E-state index contributed by atoms with van der Waals surface area (Å²) < 4.78 is 5.73. The van der Waals surface area contributed by atoms with Gasteiger partial charge in [-0.05, 0) is 42.2 Å². The highest BCUT2D eigenvalue weighted by Crippen LogP contribution is 2.23. The SMILES string of the molecule is Cl.O=C1NC(=O)C(Cc2ccc(OCCc3ccc(CCO)cn3)cc2)S1. The lowest BCUT2D eigenvalue weighted by Gasteiger charge is -2.09. The van der Waals surface area contributed by atoms with Gasteiger partial charge in [-0.15, -0.1) is 12.4 Å². The fraction of sp³-hybridized carbons (Fsp3) is 0.316. The van der Waals surface area contributed by atoms with Crippen LogP contribution in [0.2, 0.25) is 0 Å². The van der Waals surface area contributed by atoms with Crippen molar-refractivity contribution in [1.29, 1.82) is 0 Å². The Labute approximate surface area is 168 Å². The molecule has 1 fully saturated rings. The van der Waals surface area contributed by atoms with Gasteiger partial charge < -0.3 is 9.84 Å². The van der Waals surface area contributed by atoms with Gasteiger partial charge in [0.1, 0.15) is 5.75 Å². The number of imide groups is 1. The van der Waals surface area contributed by atoms with Crippen molar-refractivity contribution in [3.05, 3.63) is 59.4 Å². The van der Waals surface area contributed by atoms with Gasteiger partial charge in [0.05, 0.1) is 11.9 Å². The molecule has 0 spiro atoms. The quantitative estimate of drug-likeness (QED) is 0.697. The minimum absolute atomic E-state index is 0. The predicted molar refractivity (Wildman–Crippen MR) is 107 cm³/mol. The standard InChI is InChI=1S/C19H20N2O4S.ClH/c22-9-7-14-1-4-15(20-12-14)8-10-25-16-5-2-13(3-6-16)11-17-18(23)21-19(24)26-17;/h1-6,12,17,22H,7-11H2,(H,21,23,24);1H. The van der Waals surface area contributed by atoms with Crippen LogP contribution in [0.4, 0.5) is 4.79 Å². The van der Waals surface area contributed by atoms with Crippen molar-refractivity contribution in [2.24, 2.45) is 0 Å². The van der Waals surface area contributed by atoms with Gasteiger partial charge in [-0.2, -0.15) is 0 Å². The number of aliphatic hydroxyl groups excluding tert-OH is 1. The first kappa shape index (κ1) is 21.2. The lowest BCUT2D eigenvalue weighted by molar-refractivity contribution is -0.118. The lowest BCUT2D eigenvalue weighted by atomic mass is 10.1. The monoisotopic (exact) mass is 408 g/mol. The van der Waals surface area contributed by atoms with Crippen LogP contribution < -0.4 is 10.1 Å². The molecular weight excluding hydrogens is 388 g/mol. The van der Waals surface area contributed by atoms with E-state index in [2.05, 4.69) is 10.3 Å². The van der Waals surface area contributed by atoms with E-state index in [1.807, 2.05) is 36.4 Å². The third-order valence-corrected chi connectivity index (χ3v) is 5.01. The second-order valence-electron chi connectivity index (χ2n) is 5.96. The number of rotatable bonds is 8. The Morgan fingerprint density at radius 2 is 1.81 bits per heavy atom. The topological polar surface area (TPSA) is 88.5 Å². The van der Waals surface area contributed by atoms with E-state index in [1.54, 1.807) is 6.20 Å². The first-order valence-electron chi connectivity index (χ1n) is 8.42. The van der Waals surface area contributed by atoms with E-state index >= 15 is 0 Å². The number of ether oxygens (including phenoxy) is 1. The molecule has 2 aromatic rings. The number of thioether (sulfide) groups is 1. The van der Waals surface area contributed by atoms with Gasteiger partial charge in [-0.1, -0.05) is 30.0 Å². The Morgan fingerprint density at radius 3 is 2.41 bits per heavy atom. The van der Waals surface area contributed by atoms with Crippen LogP contribution in [-0.4, -0.2) is 39.7 Å². The molecule has 3 rings (SSSR count). The Bertz CT molecular complexity index is 768. The Balaban J connectivity index is 0.00000261. The molecule has 1 aromatic carbocycles. The number of pyridine rings is 1. The summed E-state index contributed by atoms with van der Waals surface area (Å²) in [6, 6.07) is 11.5. The van der Waals surface area contributed by atoms with Crippen molar-refractivity contribution < 1.29 is 19.4 Å². The van der Waals surface area contributed by atoms with Gasteiger partial charge in [0.2, 0.25) is 5.91 Å².